The first kappa shape index (κ1) is 14.8. The fraction of sp³-hybridized carbons (Fsp3) is 0.375. The quantitative estimate of drug-likeness (QED) is 0.946. The van der Waals surface area contributed by atoms with Crippen LogP contribution < -0.4 is 10.5 Å². The van der Waals surface area contributed by atoms with Crippen molar-refractivity contribution in [2.45, 2.75) is 25.8 Å². The van der Waals surface area contributed by atoms with E-state index < -0.39 is 5.54 Å². The monoisotopic (exact) mass is 317 g/mol. The van der Waals surface area contributed by atoms with E-state index in [-0.39, 0.29) is 11.9 Å². The van der Waals surface area contributed by atoms with Crippen molar-refractivity contribution < 1.29 is 9.53 Å². The van der Waals surface area contributed by atoms with E-state index in [9.17, 15) is 4.79 Å². The van der Waals surface area contributed by atoms with Gasteiger partial charge in [0.15, 0.2) is 5.96 Å². The lowest BCUT2D eigenvalue weighted by molar-refractivity contribution is -0.128. The number of nitrogens with zero attached hydrogens (tertiary/aromatic N) is 2. The molecule has 0 unspecified atom stereocenters. The summed E-state index contributed by atoms with van der Waals surface area (Å²) in [6.07, 6.45) is 0.309. The zero-order valence-electron chi connectivity index (χ0n) is 12.9. The van der Waals surface area contributed by atoms with Crippen molar-refractivity contribution in [1.82, 2.24) is 4.90 Å². The van der Waals surface area contributed by atoms with Gasteiger partial charge in [-0.2, -0.15) is 0 Å². The predicted octanol–water partition coefficient (Wildman–Crippen LogP) is 2.69. The average molecular weight is 317 g/mol. The molecule has 1 aliphatic heterocycles. The molecule has 2 N–H and O–H groups in total. The minimum atomic E-state index is -0.632. The molecule has 6 heteroatoms. The molecular formula is C16H19N3O2S. The maximum absolute atomic E-state index is 12.1. The molecule has 2 heterocycles. The van der Waals surface area contributed by atoms with Gasteiger partial charge >= 0.3 is 0 Å². The number of rotatable bonds is 3. The van der Waals surface area contributed by atoms with Gasteiger partial charge < -0.3 is 10.5 Å². The number of guanidine groups is 1. The van der Waals surface area contributed by atoms with Crippen LogP contribution in [0.4, 0.5) is 0 Å². The second kappa shape index (κ2) is 5.28. The predicted molar refractivity (Wildman–Crippen MR) is 89.4 cm³/mol. The molecule has 116 valence electrons. The number of aliphatic imine (C=N–C) groups is 1. The van der Waals surface area contributed by atoms with Crippen molar-refractivity contribution in [3.63, 3.8) is 0 Å². The van der Waals surface area contributed by atoms with Gasteiger partial charge in [-0.25, -0.2) is 4.99 Å². The highest BCUT2D eigenvalue weighted by Crippen LogP contribution is 2.38. The number of carbonyl (C=O) groups excluding carboxylic acids is 1. The molecule has 5 nitrogen and oxygen atoms in total. The van der Waals surface area contributed by atoms with Gasteiger partial charge in [-0.05, 0) is 31.5 Å². The first-order chi connectivity index (χ1) is 10.4. The van der Waals surface area contributed by atoms with Crippen molar-refractivity contribution >= 4 is 33.3 Å². The molecule has 1 atom stereocenters. The molecule has 22 heavy (non-hydrogen) atoms. The Morgan fingerprint density at radius 3 is 2.95 bits per heavy atom. The number of thiophene rings is 1. The molecule has 2 aromatic rings. The molecule has 1 aromatic carbocycles. The first-order valence-electron chi connectivity index (χ1n) is 7.21. The summed E-state index contributed by atoms with van der Waals surface area (Å²) < 4.78 is 6.83. The van der Waals surface area contributed by atoms with Crippen LogP contribution in [0.2, 0.25) is 0 Å². The Hall–Kier alpha value is -2.08. The van der Waals surface area contributed by atoms with E-state index in [0.29, 0.717) is 13.0 Å². The number of fused-ring (bicyclic) bond motifs is 1. The Balaban J connectivity index is 2.09. The van der Waals surface area contributed by atoms with Crippen LogP contribution in [0.5, 0.6) is 5.75 Å². The number of hydrogen-bond acceptors (Lipinski definition) is 5. The molecule has 1 aliphatic rings. The summed E-state index contributed by atoms with van der Waals surface area (Å²) in [4.78, 5) is 18.1. The minimum Gasteiger partial charge on any atom is -0.492 e. The molecular weight excluding hydrogens is 298 g/mol. The standard InChI is InChI=1S/C16H19N3O2S/c1-4-21-12-9-22-13-6-5-10(7-11(12)13)16(2)8-14(20)19(3)15(17)18-16/h5-7,9H,4,8H2,1-3H3,(H2,17,18)/t16-/m0/s1. The van der Waals surface area contributed by atoms with E-state index in [1.807, 2.05) is 25.3 Å². The summed E-state index contributed by atoms with van der Waals surface area (Å²) in [6.45, 7) is 4.54. The van der Waals surface area contributed by atoms with E-state index >= 15 is 0 Å². The third-order valence-electron chi connectivity index (χ3n) is 4.03. The maximum atomic E-state index is 12.1. The summed E-state index contributed by atoms with van der Waals surface area (Å²) >= 11 is 1.65. The normalized spacial score (nSPS) is 22.0. The SMILES string of the molecule is CCOc1csc2ccc([C@]3(C)CC(=O)N(C)C(N)=N3)cc12. The van der Waals surface area contributed by atoms with Crippen molar-refractivity contribution in [1.29, 1.82) is 0 Å². The van der Waals surface area contributed by atoms with Crippen LogP contribution in [0.25, 0.3) is 10.1 Å². The smallest absolute Gasteiger partial charge is 0.231 e. The van der Waals surface area contributed by atoms with Crippen LogP contribution >= 0.6 is 11.3 Å². The lowest BCUT2D eigenvalue weighted by Crippen LogP contribution is -2.47. The van der Waals surface area contributed by atoms with Gasteiger partial charge in [-0.1, -0.05) is 6.07 Å². The molecule has 0 spiro atoms. The van der Waals surface area contributed by atoms with E-state index in [4.69, 9.17) is 10.5 Å². The van der Waals surface area contributed by atoms with Gasteiger partial charge in [0.1, 0.15) is 5.75 Å². The van der Waals surface area contributed by atoms with E-state index in [1.54, 1.807) is 18.4 Å². The average Bonchev–Trinajstić information content (AvgIpc) is 2.88. The van der Waals surface area contributed by atoms with Gasteiger partial charge in [-0.15, -0.1) is 11.3 Å². The summed E-state index contributed by atoms with van der Waals surface area (Å²) in [7, 11) is 1.65. The third kappa shape index (κ3) is 2.33. The number of carbonyl (C=O) groups is 1. The summed E-state index contributed by atoms with van der Waals surface area (Å²) in [6, 6.07) is 6.13. The summed E-state index contributed by atoms with van der Waals surface area (Å²) in [5.41, 5.74) is 6.23. The molecule has 0 fully saturated rings. The van der Waals surface area contributed by atoms with Gasteiger partial charge in [0.25, 0.3) is 0 Å². The number of amides is 1. The largest absolute Gasteiger partial charge is 0.492 e. The van der Waals surface area contributed by atoms with Crippen LogP contribution in [-0.4, -0.2) is 30.4 Å². The van der Waals surface area contributed by atoms with Crippen LogP contribution in [-0.2, 0) is 10.3 Å². The lowest BCUT2D eigenvalue weighted by Gasteiger charge is -2.33. The van der Waals surface area contributed by atoms with Crippen LogP contribution in [0, 0.1) is 0 Å². The fourth-order valence-electron chi connectivity index (χ4n) is 2.68. The Morgan fingerprint density at radius 1 is 1.50 bits per heavy atom. The van der Waals surface area contributed by atoms with Crippen molar-refractivity contribution in [3.05, 3.63) is 29.1 Å². The number of ether oxygens (including phenoxy) is 1. The van der Waals surface area contributed by atoms with Crippen molar-refractivity contribution in [2.24, 2.45) is 10.7 Å². The minimum absolute atomic E-state index is 0.0227. The molecule has 3 rings (SSSR count). The molecule has 0 aliphatic carbocycles. The molecule has 1 aromatic heterocycles. The van der Waals surface area contributed by atoms with Crippen LogP contribution in [0.3, 0.4) is 0 Å². The molecule has 1 amide bonds. The second-order valence-corrected chi connectivity index (χ2v) is 6.53. The maximum Gasteiger partial charge on any atom is 0.231 e. The van der Waals surface area contributed by atoms with Gasteiger partial charge in [-0.3, -0.25) is 9.69 Å². The topological polar surface area (TPSA) is 67.9 Å². The zero-order chi connectivity index (χ0) is 15.9. The van der Waals surface area contributed by atoms with Gasteiger partial charge in [0.05, 0.1) is 18.6 Å². The van der Waals surface area contributed by atoms with Gasteiger partial charge in [0, 0.05) is 22.5 Å². The fourth-order valence-corrected chi connectivity index (χ4v) is 3.54. The summed E-state index contributed by atoms with van der Waals surface area (Å²) in [5.74, 6) is 1.11. The third-order valence-corrected chi connectivity index (χ3v) is 4.98. The van der Waals surface area contributed by atoms with Crippen LogP contribution in [0.1, 0.15) is 25.8 Å². The molecule has 0 saturated heterocycles. The van der Waals surface area contributed by atoms with Crippen molar-refractivity contribution in [2.75, 3.05) is 13.7 Å². The highest BCUT2D eigenvalue weighted by atomic mass is 32.1. The van der Waals surface area contributed by atoms with Crippen LogP contribution in [0.15, 0.2) is 28.6 Å². The van der Waals surface area contributed by atoms with E-state index in [2.05, 4.69) is 17.1 Å². The molecule has 0 bridgehead atoms. The zero-order valence-corrected chi connectivity index (χ0v) is 13.7. The summed E-state index contributed by atoms with van der Waals surface area (Å²) in [5, 5.41) is 3.07. The number of benzene rings is 1. The Kier molecular flexibility index (Phi) is 3.56. The Bertz CT molecular complexity index is 768. The second-order valence-electron chi connectivity index (χ2n) is 5.62. The van der Waals surface area contributed by atoms with Gasteiger partial charge in [0.2, 0.25) is 5.91 Å². The first-order valence-corrected chi connectivity index (χ1v) is 8.09. The number of nitrogens with two attached hydrogens (primary N) is 1. The highest BCUT2D eigenvalue weighted by Gasteiger charge is 2.36. The molecule has 0 radical (unpaired) electrons. The Morgan fingerprint density at radius 2 is 2.27 bits per heavy atom. The number of hydrogen-bond donors (Lipinski definition) is 1. The van der Waals surface area contributed by atoms with E-state index in [1.165, 1.54) is 4.90 Å². The molecule has 0 saturated carbocycles. The Labute approximate surface area is 133 Å². The lowest BCUT2D eigenvalue weighted by atomic mass is 9.87. The highest BCUT2D eigenvalue weighted by molar-refractivity contribution is 7.17. The van der Waals surface area contributed by atoms with Crippen molar-refractivity contribution in [3.8, 4) is 5.75 Å². The van der Waals surface area contributed by atoms with E-state index in [0.717, 1.165) is 21.4 Å².